The molecular formula is C17H18N2O. The fraction of sp³-hybridized carbons (Fsp3) is 0.353. The first-order valence-corrected chi connectivity index (χ1v) is 7.35. The molecule has 2 N–H and O–H groups in total. The molecule has 2 aliphatic rings. The van der Waals surface area contributed by atoms with Gasteiger partial charge in [-0.1, -0.05) is 24.3 Å². The third-order valence-electron chi connectivity index (χ3n) is 4.54. The molecule has 0 saturated carbocycles. The number of rotatable bonds is 3. The van der Waals surface area contributed by atoms with Gasteiger partial charge >= 0.3 is 0 Å². The van der Waals surface area contributed by atoms with Crippen LogP contribution in [0.4, 0.5) is 0 Å². The summed E-state index contributed by atoms with van der Waals surface area (Å²) in [4.78, 5) is 12.4. The van der Waals surface area contributed by atoms with Crippen molar-refractivity contribution in [3.8, 4) is 0 Å². The Morgan fingerprint density at radius 2 is 1.95 bits per heavy atom. The molecule has 0 spiro atoms. The van der Waals surface area contributed by atoms with Gasteiger partial charge in [0.25, 0.3) is 5.91 Å². The van der Waals surface area contributed by atoms with Gasteiger partial charge in [-0.3, -0.25) is 4.79 Å². The fourth-order valence-corrected chi connectivity index (χ4v) is 3.27. The smallest absolute Gasteiger partial charge is 0.251 e. The molecule has 1 fully saturated rings. The molecule has 1 amide bonds. The highest BCUT2D eigenvalue weighted by Gasteiger charge is 2.20. The number of amides is 1. The normalized spacial score (nSPS) is 17.2. The molecule has 2 aromatic rings. The van der Waals surface area contributed by atoms with Gasteiger partial charge in [-0.05, 0) is 40.8 Å². The highest BCUT2D eigenvalue weighted by atomic mass is 16.1. The lowest BCUT2D eigenvalue weighted by atomic mass is 9.99. The predicted octanol–water partition coefficient (Wildman–Crippen LogP) is 1.89. The van der Waals surface area contributed by atoms with E-state index in [1.165, 1.54) is 16.5 Å². The third kappa shape index (κ3) is 1.81. The number of hydrogen-bond acceptors (Lipinski definition) is 2. The second kappa shape index (κ2) is 4.60. The lowest BCUT2D eigenvalue weighted by Gasteiger charge is -2.27. The molecule has 0 aromatic heterocycles. The Balaban J connectivity index is 1.67. The van der Waals surface area contributed by atoms with Gasteiger partial charge in [0.2, 0.25) is 0 Å². The van der Waals surface area contributed by atoms with E-state index < -0.39 is 0 Å². The maximum atomic E-state index is 12.4. The summed E-state index contributed by atoms with van der Waals surface area (Å²) in [6, 6.07) is 10.4. The van der Waals surface area contributed by atoms with Crippen LogP contribution in [0.1, 0.15) is 21.5 Å². The number of benzene rings is 2. The Kier molecular flexibility index (Phi) is 2.74. The average molecular weight is 266 g/mol. The minimum atomic E-state index is 0.0625. The van der Waals surface area contributed by atoms with Crippen molar-refractivity contribution in [2.45, 2.75) is 12.8 Å². The van der Waals surface area contributed by atoms with Crippen LogP contribution in [-0.2, 0) is 12.8 Å². The summed E-state index contributed by atoms with van der Waals surface area (Å²) in [5.74, 6) is 0.656. The van der Waals surface area contributed by atoms with Crippen molar-refractivity contribution in [1.29, 1.82) is 0 Å². The molecule has 3 nitrogen and oxygen atoms in total. The predicted molar refractivity (Wildman–Crippen MR) is 80.0 cm³/mol. The lowest BCUT2D eigenvalue weighted by molar-refractivity contribution is 0.0944. The number of carbonyl (C=O) groups excluding carboxylic acids is 1. The van der Waals surface area contributed by atoms with Crippen LogP contribution in [-0.4, -0.2) is 25.5 Å². The molecule has 1 heterocycles. The second-order valence-corrected chi connectivity index (χ2v) is 5.85. The molecule has 1 saturated heterocycles. The van der Waals surface area contributed by atoms with E-state index in [2.05, 4.69) is 34.9 Å². The summed E-state index contributed by atoms with van der Waals surface area (Å²) in [5, 5.41) is 8.72. The molecule has 0 bridgehead atoms. The van der Waals surface area contributed by atoms with Crippen molar-refractivity contribution in [2.75, 3.05) is 19.6 Å². The minimum Gasteiger partial charge on any atom is -0.352 e. The Hall–Kier alpha value is -1.87. The SMILES string of the molecule is O=C(NCC1CNC1)c1ccc2c3c(cccc13)CC2. The average Bonchev–Trinajstić information content (AvgIpc) is 2.83. The highest BCUT2D eigenvalue weighted by Crippen LogP contribution is 2.32. The first-order valence-electron chi connectivity index (χ1n) is 7.35. The van der Waals surface area contributed by atoms with E-state index in [0.717, 1.165) is 43.4 Å². The van der Waals surface area contributed by atoms with Gasteiger partial charge in [0.1, 0.15) is 0 Å². The van der Waals surface area contributed by atoms with E-state index in [-0.39, 0.29) is 5.91 Å². The lowest BCUT2D eigenvalue weighted by Crippen LogP contribution is -2.48. The molecule has 0 radical (unpaired) electrons. The van der Waals surface area contributed by atoms with Crippen LogP contribution in [0.15, 0.2) is 30.3 Å². The summed E-state index contributed by atoms with van der Waals surface area (Å²) in [6.07, 6.45) is 2.21. The molecular weight excluding hydrogens is 248 g/mol. The summed E-state index contributed by atoms with van der Waals surface area (Å²) in [6.45, 7) is 2.81. The van der Waals surface area contributed by atoms with Gasteiger partial charge in [-0.25, -0.2) is 0 Å². The third-order valence-corrected chi connectivity index (χ3v) is 4.54. The van der Waals surface area contributed by atoms with E-state index in [9.17, 15) is 4.79 Å². The number of hydrogen-bond donors (Lipinski definition) is 2. The Morgan fingerprint density at radius 3 is 2.70 bits per heavy atom. The van der Waals surface area contributed by atoms with Gasteiger partial charge in [0, 0.05) is 31.1 Å². The quantitative estimate of drug-likeness (QED) is 0.890. The zero-order chi connectivity index (χ0) is 13.5. The first kappa shape index (κ1) is 11.9. The molecule has 1 aliphatic heterocycles. The van der Waals surface area contributed by atoms with Crippen molar-refractivity contribution in [3.63, 3.8) is 0 Å². The van der Waals surface area contributed by atoms with Crippen LogP contribution in [0.3, 0.4) is 0 Å². The number of carbonyl (C=O) groups is 1. The molecule has 0 unspecified atom stereocenters. The van der Waals surface area contributed by atoms with Crippen LogP contribution in [0.25, 0.3) is 10.8 Å². The van der Waals surface area contributed by atoms with Gasteiger partial charge in [-0.2, -0.15) is 0 Å². The van der Waals surface area contributed by atoms with Crippen LogP contribution < -0.4 is 10.6 Å². The van der Waals surface area contributed by atoms with E-state index in [4.69, 9.17) is 0 Å². The second-order valence-electron chi connectivity index (χ2n) is 5.85. The number of aryl methyl sites for hydroxylation is 2. The summed E-state index contributed by atoms with van der Waals surface area (Å²) < 4.78 is 0. The van der Waals surface area contributed by atoms with Crippen LogP contribution in [0.5, 0.6) is 0 Å². The van der Waals surface area contributed by atoms with E-state index in [1.807, 2.05) is 6.07 Å². The summed E-state index contributed by atoms with van der Waals surface area (Å²) in [7, 11) is 0. The zero-order valence-corrected chi connectivity index (χ0v) is 11.4. The Morgan fingerprint density at radius 1 is 1.15 bits per heavy atom. The van der Waals surface area contributed by atoms with Crippen LogP contribution in [0, 0.1) is 5.92 Å². The van der Waals surface area contributed by atoms with Crippen molar-refractivity contribution in [3.05, 3.63) is 47.0 Å². The number of nitrogens with one attached hydrogen (secondary N) is 2. The zero-order valence-electron chi connectivity index (χ0n) is 11.4. The highest BCUT2D eigenvalue weighted by molar-refractivity contribution is 6.09. The van der Waals surface area contributed by atoms with E-state index in [0.29, 0.717) is 5.92 Å². The molecule has 20 heavy (non-hydrogen) atoms. The topological polar surface area (TPSA) is 41.1 Å². The molecule has 4 rings (SSSR count). The summed E-state index contributed by atoms with van der Waals surface area (Å²) in [5.41, 5.74) is 3.59. The molecule has 1 aliphatic carbocycles. The maximum Gasteiger partial charge on any atom is 0.251 e. The molecule has 2 aromatic carbocycles. The standard InChI is InChI=1S/C17H18N2O/c20-17(19-10-11-8-18-9-11)15-7-6-13-5-4-12-2-1-3-14(15)16(12)13/h1-3,6-7,11,18H,4-5,8-10H2,(H,19,20). The summed E-state index contributed by atoms with van der Waals surface area (Å²) >= 11 is 0. The minimum absolute atomic E-state index is 0.0625. The largest absolute Gasteiger partial charge is 0.352 e. The Bertz CT molecular complexity index is 678. The van der Waals surface area contributed by atoms with Gasteiger partial charge < -0.3 is 10.6 Å². The molecule has 102 valence electrons. The van der Waals surface area contributed by atoms with Gasteiger partial charge in [0.05, 0.1) is 0 Å². The first-order chi connectivity index (χ1) is 9.83. The monoisotopic (exact) mass is 266 g/mol. The van der Waals surface area contributed by atoms with Crippen LogP contribution in [0.2, 0.25) is 0 Å². The maximum absolute atomic E-state index is 12.4. The van der Waals surface area contributed by atoms with Crippen molar-refractivity contribution in [2.24, 2.45) is 5.92 Å². The van der Waals surface area contributed by atoms with Crippen molar-refractivity contribution >= 4 is 16.7 Å². The Labute approximate surface area is 118 Å². The molecule has 0 atom stereocenters. The fourth-order valence-electron chi connectivity index (χ4n) is 3.27. The van der Waals surface area contributed by atoms with Crippen molar-refractivity contribution in [1.82, 2.24) is 10.6 Å². The van der Waals surface area contributed by atoms with Crippen LogP contribution >= 0.6 is 0 Å². The van der Waals surface area contributed by atoms with E-state index >= 15 is 0 Å². The van der Waals surface area contributed by atoms with Gasteiger partial charge in [-0.15, -0.1) is 0 Å². The molecule has 3 heteroatoms. The van der Waals surface area contributed by atoms with E-state index in [1.54, 1.807) is 0 Å². The van der Waals surface area contributed by atoms with Gasteiger partial charge in [0.15, 0.2) is 0 Å². The van der Waals surface area contributed by atoms with Crippen molar-refractivity contribution < 1.29 is 4.79 Å².